The highest BCUT2D eigenvalue weighted by molar-refractivity contribution is 5.78. The smallest absolute Gasteiger partial charge is 0.132 e. The second kappa shape index (κ2) is 7.44. The third-order valence-electron chi connectivity index (χ3n) is 3.01. The average molecular weight is 206 g/mol. The van der Waals surface area contributed by atoms with Crippen molar-refractivity contribution in [2.45, 2.75) is 51.9 Å². The van der Waals surface area contributed by atoms with Gasteiger partial charge in [-0.3, -0.25) is 4.79 Å². The molecule has 0 saturated carbocycles. The molecule has 84 valence electrons. The Balaban J connectivity index is 2.44. The first kappa shape index (κ1) is 12.2. The molecule has 0 amide bonds. The van der Waals surface area contributed by atoms with Crippen LogP contribution in [0.5, 0.6) is 0 Å². The minimum Gasteiger partial charge on any atom is -0.300 e. The Morgan fingerprint density at radius 3 is 2.20 bits per heavy atom. The van der Waals surface area contributed by atoms with Crippen LogP contribution in [0.2, 0.25) is 0 Å². The van der Waals surface area contributed by atoms with E-state index in [-0.39, 0.29) is 0 Å². The lowest BCUT2D eigenvalue weighted by molar-refractivity contribution is -0.121. The van der Waals surface area contributed by atoms with Crippen LogP contribution in [-0.4, -0.2) is 5.78 Å². The molecule has 0 fully saturated rings. The zero-order valence-corrected chi connectivity index (χ0v) is 9.74. The molecule has 0 aromatic heterocycles. The number of hydrogen-bond acceptors (Lipinski definition) is 1. The van der Waals surface area contributed by atoms with Crippen LogP contribution in [0.25, 0.3) is 0 Å². The van der Waals surface area contributed by atoms with Crippen molar-refractivity contribution in [3.8, 4) is 0 Å². The molecule has 1 aliphatic carbocycles. The fraction of sp³-hybridized carbons (Fsp3) is 0.643. The molecule has 1 nitrogen and oxygen atoms in total. The summed E-state index contributed by atoms with van der Waals surface area (Å²) in [4.78, 5) is 11.4. The van der Waals surface area contributed by atoms with Gasteiger partial charge in [0.05, 0.1) is 0 Å². The zero-order valence-electron chi connectivity index (χ0n) is 9.74. The average Bonchev–Trinajstić information content (AvgIpc) is 2.18. The monoisotopic (exact) mass is 206 g/mol. The van der Waals surface area contributed by atoms with Gasteiger partial charge in [-0.2, -0.15) is 0 Å². The molecular weight excluding hydrogens is 184 g/mol. The predicted molar refractivity (Wildman–Crippen MR) is 64.8 cm³/mol. The van der Waals surface area contributed by atoms with Crippen LogP contribution in [0.3, 0.4) is 0 Å². The fourth-order valence-corrected chi connectivity index (χ4v) is 1.99. The Hall–Kier alpha value is -0.850. The van der Waals surface area contributed by atoms with Gasteiger partial charge in [0, 0.05) is 5.92 Å². The van der Waals surface area contributed by atoms with Gasteiger partial charge in [-0.15, -0.1) is 0 Å². The number of ketones is 1. The molecule has 0 aliphatic heterocycles. The largest absolute Gasteiger partial charge is 0.300 e. The molecule has 0 heterocycles. The van der Waals surface area contributed by atoms with E-state index in [1.54, 1.807) is 6.92 Å². The number of allylic oxidation sites excluding steroid dienone is 4. The van der Waals surface area contributed by atoms with Gasteiger partial charge in [0.25, 0.3) is 0 Å². The summed E-state index contributed by atoms with van der Waals surface area (Å²) in [6, 6.07) is 0. The zero-order chi connectivity index (χ0) is 10.9. The van der Waals surface area contributed by atoms with E-state index in [1.807, 2.05) is 0 Å². The number of carbonyl (C=O) groups is 1. The lowest BCUT2D eigenvalue weighted by Gasteiger charge is -2.11. The Kier molecular flexibility index (Phi) is 6.06. The summed E-state index contributed by atoms with van der Waals surface area (Å²) in [7, 11) is 0. The molecule has 0 N–H and O–H groups in total. The second-order valence-corrected chi connectivity index (χ2v) is 4.34. The van der Waals surface area contributed by atoms with Crippen molar-refractivity contribution in [3.63, 3.8) is 0 Å². The molecule has 0 saturated heterocycles. The molecule has 1 aliphatic rings. The van der Waals surface area contributed by atoms with Gasteiger partial charge in [-0.05, 0) is 51.9 Å². The topological polar surface area (TPSA) is 17.1 Å². The van der Waals surface area contributed by atoms with E-state index < -0.39 is 0 Å². The number of carbonyl (C=O) groups excluding carboxylic acids is 1. The molecule has 1 heteroatoms. The Bertz CT molecular complexity index is 238. The lowest BCUT2D eigenvalue weighted by atomic mass is 9.92. The van der Waals surface area contributed by atoms with Gasteiger partial charge >= 0.3 is 0 Å². The van der Waals surface area contributed by atoms with Crippen LogP contribution in [0.15, 0.2) is 24.3 Å². The summed E-state index contributed by atoms with van der Waals surface area (Å²) in [6.45, 7) is 1.73. The number of hydrogen-bond donors (Lipinski definition) is 0. The van der Waals surface area contributed by atoms with Crippen LogP contribution < -0.4 is 0 Å². The Morgan fingerprint density at radius 1 is 0.933 bits per heavy atom. The molecule has 0 aromatic rings. The minimum absolute atomic E-state index is 0.294. The van der Waals surface area contributed by atoms with Crippen molar-refractivity contribution in [2.24, 2.45) is 5.92 Å². The maximum atomic E-state index is 11.4. The van der Waals surface area contributed by atoms with Crippen molar-refractivity contribution in [1.82, 2.24) is 0 Å². The summed E-state index contributed by atoms with van der Waals surface area (Å²) in [6.07, 6.45) is 16.7. The first-order valence-corrected chi connectivity index (χ1v) is 6.11. The summed E-state index contributed by atoms with van der Waals surface area (Å²) in [5.41, 5.74) is 0. The lowest BCUT2D eigenvalue weighted by Crippen LogP contribution is -2.10. The first-order valence-electron chi connectivity index (χ1n) is 6.11. The third-order valence-corrected chi connectivity index (χ3v) is 3.01. The van der Waals surface area contributed by atoms with Crippen LogP contribution in [-0.2, 0) is 4.79 Å². The van der Waals surface area contributed by atoms with Crippen LogP contribution >= 0.6 is 0 Å². The maximum Gasteiger partial charge on any atom is 0.132 e. The summed E-state index contributed by atoms with van der Waals surface area (Å²) in [5.74, 6) is 0.659. The first-order chi connectivity index (χ1) is 7.30. The molecule has 0 aromatic carbocycles. The van der Waals surface area contributed by atoms with Crippen molar-refractivity contribution >= 4 is 5.78 Å². The van der Waals surface area contributed by atoms with Gasteiger partial charge in [0.15, 0.2) is 0 Å². The van der Waals surface area contributed by atoms with E-state index in [1.165, 1.54) is 0 Å². The molecular formula is C14H22O. The summed E-state index contributed by atoms with van der Waals surface area (Å²) in [5, 5.41) is 0. The highest BCUT2D eigenvalue weighted by atomic mass is 16.1. The van der Waals surface area contributed by atoms with E-state index in [2.05, 4.69) is 24.3 Å². The van der Waals surface area contributed by atoms with Crippen LogP contribution in [0, 0.1) is 5.92 Å². The maximum absolute atomic E-state index is 11.4. The Labute approximate surface area is 93.3 Å². The van der Waals surface area contributed by atoms with E-state index in [0.717, 1.165) is 44.9 Å². The molecule has 0 bridgehead atoms. The molecule has 1 unspecified atom stereocenters. The number of rotatable bonds is 1. The predicted octanol–water partition coefficient (Wildman–Crippen LogP) is 4.05. The van der Waals surface area contributed by atoms with E-state index >= 15 is 0 Å². The quantitative estimate of drug-likeness (QED) is 0.591. The molecule has 1 atom stereocenters. The van der Waals surface area contributed by atoms with Crippen molar-refractivity contribution in [1.29, 1.82) is 0 Å². The SMILES string of the molecule is CC(=O)C1CC/C=C/CC/C=C/CCC1. The van der Waals surface area contributed by atoms with Gasteiger partial charge < -0.3 is 0 Å². The van der Waals surface area contributed by atoms with Crippen molar-refractivity contribution in [3.05, 3.63) is 24.3 Å². The summed E-state index contributed by atoms with van der Waals surface area (Å²) < 4.78 is 0. The molecule has 0 radical (unpaired) electrons. The number of Topliss-reactive ketones (excluding diaryl/α,β-unsaturated/α-hetero) is 1. The molecule has 0 spiro atoms. The fourth-order valence-electron chi connectivity index (χ4n) is 1.99. The van der Waals surface area contributed by atoms with Gasteiger partial charge in [0.2, 0.25) is 0 Å². The van der Waals surface area contributed by atoms with Gasteiger partial charge in [-0.25, -0.2) is 0 Å². The van der Waals surface area contributed by atoms with Crippen molar-refractivity contribution < 1.29 is 4.79 Å². The van der Waals surface area contributed by atoms with E-state index in [4.69, 9.17) is 0 Å². The van der Waals surface area contributed by atoms with Crippen LogP contribution in [0.1, 0.15) is 51.9 Å². The second-order valence-electron chi connectivity index (χ2n) is 4.34. The highest BCUT2D eigenvalue weighted by Crippen LogP contribution is 2.17. The van der Waals surface area contributed by atoms with Crippen molar-refractivity contribution in [2.75, 3.05) is 0 Å². The van der Waals surface area contributed by atoms with Gasteiger partial charge in [-0.1, -0.05) is 24.3 Å². The Morgan fingerprint density at radius 2 is 1.53 bits per heavy atom. The van der Waals surface area contributed by atoms with Crippen LogP contribution in [0.4, 0.5) is 0 Å². The molecule has 1 rings (SSSR count). The minimum atomic E-state index is 0.294. The van der Waals surface area contributed by atoms with Gasteiger partial charge in [0.1, 0.15) is 5.78 Å². The summed E-state index contributed by atoms with van der Waals surface area (Å²) >= 11 is 0. The third kappa shape index (κ3) is 5.56. The normalized spacial score (nSPS) is 28.5. The van der Waals surface area contributed by atoms with E-state index in [9.17, 15) is 4.79 Å². The molecule has 15 heavy (non-hydrogen) atoms. The highest BCUT2D eigenvalue weighted by Gasteiger charge is 2.12. The van der Waals surface area contributed by atoms with E-state index in [0.29, 0.717) is 11.7 Å². The standard InChI is InChI=1S/C14H22O/c1-13(15)14-11-9-7-5-3-2-4-6-8-10-12-14/h3,5-6,8,14H,2,4,7,9-12H2,1H3/b5-3+,8-6+.